The van der Waals surface area contributed by atoms with E-state index in [9.17, 15) is 4.79 Å². The summed E-state index contributed by atoms with van der Waals surface area (Å²) in [6, 6.07) is 18.9. The van der Waals surface area contributed by atoms with E-state index in [0.717, 1.165) is 23.5 Å². The Kier molecular flexibility index (Phi) is 4.23. The van der Waals surface area contributed by atoms with Gasteiger partial charge in [-0.05, 0) is 42.3 Å². The van der Waals surface area contributed by atoms with Crippen molar-refractivity contribution in [3.63, 3.8) is 0 Å². The van der Waals surface area contributed by atoms with Gasteiger partial charge in [0.25, 0.3) is 5.91 Å². The zero-order chi connectivity index (χ0) is 17.9. The number of benzene rings is 2. The molecule has 0 atom stereocenters. The predicted octanol–water partition coefficient (Wildman–Crippen LogP) is 3.43. The number of carbonyl (C=O) groups excluding carboxylic acids is 1. The Balaban J connectivity index is 1.50. The first-order valence-electron chi connectivity index (χ1n) is 8.39. The molecule has 2 heterocycles. The zero-order valence-corrected chi connectivity index (χ0v) is 14.3. The molecule has 0 unspecified atom stereocenters. The number of nitrogens with one attached hydrogen (secondary N) is 1. The maximum Gasteiger partial charge on any atom is 0.278 e. The van der Waals surface area contributed by atoms with Crippen LogP contribution in [0.2, 0.25) is 0 Å². The van der Waals surface area contributed by atoms with E-state index in [-0.39, 0.29) is 5.91 Å². The Hall–Kier alpha value is -3.41. The third-order valence-electron chi connectivity index (χ3n) is 4.36. The van der Waals surface area contributed by atoms with Crippen LogP contribution < -0.4 is 15.0 Å². The van der Waals surface area contributed by atoms with Crippen LogP contribution in [0.15, 0.2) is 60.7 Å². The van der Waals surface area contributed by atoms with Gasteiger partial charge in [0.15, 0.2) is 11.5 Å². The number of nitrogens with zero attached hydrogens (tertiary/aromatic N) is 3. The summed E-state index contributed by atoms with van der Waals surface area (Å²) in [5.41, 5.74) is 3.31. The lowest BCUT2D eigenvalue weighted by atomic mass is 10.2. The molecule has 6 nitrogen and oxygen atoms in total. The second-order valence-corrected chi connectivity index (χ2v) is 6.00. The lowest BCUT2D eigenvalue weighted by Gasteiger charge is -2.16. The lowest BCUT2D eigenvalue weighted by molar-refractivity contribution is 0.0983. The van der Waals surface area contributed by atoms with Gasteiger partial charge in [0.05, 0.1) is 7.11 Å². The highest BCUT2D eigenvalue weighted by Gasteiger charge is 2.26. The van der Waals surface area contributed by atoms with E-state index in [0.29, 0.717) is 18.1 Å². The van der Waals surface area contributed by atoms with E-state index in [4.69, 9.17) is 4.74 Å². The quantitative estimate of drug-likeness (QED) is 0.784. The summed E-state index contributed by atoms with van der Waals surface area (Å²) in [5, 5.41) is 11.4. The maximum absolute atomic E-state index is 12.7. The van der Waals surface area contributed by atoms with Crippen molar-refractivity contribution in [2.75, 3.05) is 23.9 Å². The number of ether oxygens (including phenoxy) is 1. The van der Waals surface area contributed by atoms with Crippen LogP contribution in [0.4, 0.5) is 17.2 Å². The first-order chi connectivity index (χ1) is 12.7. The number of para-hydroxylation sites is 1. The second-order valence-electron chi connectivity index (χ2n) is 6.00. The van der Waals surface area contributed by atoms with Crippen molar-refractivity contribution in [3.8, 4) is 5.75 Å². The van der Waals surface area contributed by atoms with E-state index >= 15 is 0 Å². The van der Waals surface area contributed by atoms with Crippen LogP contribution in [0, 0.1) is 0 Å². The molecule has 1 aliphatic rings. The summed E-state index contributed by atoms with van der Waals surface area (Å²) < 4.78 is 5.20. The molecule has 0 saturated heterocycles. The summed E-state index contributed by atoms with van der Waals surface area (Å²) in [6.45, 7) is 0.670. The smallest absolute Gasteiger partial charge is 0.278 e. The van der Waals surface area contributed by atoms with Crippen LogP contribution in [0.1, 0.15) is 16.1 Å². The molecule has 26 heavy (non-hydrogen) atoms. The second kappa shape index (κ2) is 6.84. The molecule has 0 spiro atoms. The molecule has 0 radical (unpaired) electrons. The molecule has 1 aromatic heterocycles. The van der Waals surface area contributed by atoms with Crippen molar-refractivity contribution in [2.24, 2.45) is 0 Å². The Morgan fingerprint density at radius 3 is 2.77 bits per heavy atom. The minimum atomic E-state index is -0.129. The first kappa shape index (κ1) is 16.1. The van der Waals surface area contributed by atoms with E-state index in [1.807, 2.05) is 42.5 Å². The van der Waals surface area contributed by atoms with Crippen molar-refractivity contribution in [1.29, 1.82) is 0 Å². The summed E-state index contributed by atoms with van der Waals surface area (Å²) >= 11 is 0. The highest BCUT2D eigenvalue weighted by molar-refractivity contribution is 6.06. The number of anilines is 3. The van der Waals surface area contributed by atoms with Gasteiger partial charge in [-0.15, -0.1) is 10.2 Å². The van der Waals surface area contributed by atoms with Gasteiger partial charge in [-0.2, -0.15) is 0 Å². The fourth-order valence-electron chi connectivity index (χ4n) is 3.05. The average Bonchev–Trinajstić information content (AvgIpc) is 3.12. The molecule has 0 bridgehead atoms. The SMILES string of the molecule is COc1cccc(Nc2ccc(C(=O)N3CCc4ccccc43)nn2)c1. The molecule has 6 heteroatoms. The van der Waals surface area contributed by atoms with Crippen molar-refractivity contribution in [3.05, 3.63) is 71.9 Å². The van der Waals surface area contributed by atoms with Crippen molar-refractivity contribution >= 4 is 23.1 Å². The molecule has 3 aromatic rings. The van der Waals surface area contributed by atoms with Gasteiger partial charge in [-0.25, -0.2) is 0 Å². The third kappa shape index (κ3) is 3.09. The van der Waals surface area contributed by atoms with Crippen LogP contribution in [-0.4, -0.2) is 29.8 Å². The Morgan fingerprint density at radius 1 is 1.08 bits per heavy atom. The van der Waals surface area contributed by atoms with Crippen LogP contribution in [0.3, 0.4) is 0 Å². The number of amides is 1. The fourth-order valence-corrected chi connectivity index (χ4v) is 3.05. The zero-order valence-electron chi connectivity index (χ0n) is 14.3. The molecule has 0 aliphatic carbocycles. The largest absolute Gasteiger partial charge is 0.497 e. The molecule has 1 aliphatic heterocycles. The number of carbonyl (C=O) groups is 1. The Morgan fingerprint density at radius 2 is 1.96 bits per heavy atom. The summed E-state index contributed by atoms with van der Waals surface area (Å²) in [4.78, 5) is 14.5. The van der Waals surface area contributed by atoms with Crippen LogP contribution in [0.25, 0.3) is 0 Å². The molecular weight excluding hydrogens is 328 g/mol. The number of methoxy groups -OCH3 is 1. The maximum atomic E-state index is 12.7. The van der Waals surface area contributed by atoms with Crippen molar-refractivity contribution in [2.45, 2.75) is 6.42 Å². The number of hydrogen-bond donors (Lipinski definition) is 1. The summed E-state index contributed by atoms with van der Waals surface area (Å²) in [6.07, 6.45) is 0.866. The van der Waals surface area contributed by atoms with Crippen LogP contribution in [0.5, 0.6) is 5.75 Å². The standard InChI is InChI=1S/C20H18N4O2/c1-26-16-7-4-6-15(13-16)21-19-10-9-17(22-23-19)20(25)24-12-11-14-5-2-3-8-18(14)24/h2-10,13H,11-12H2,1H3,(H,21,23). The predicted molar refractivity (Wildman–Crippen MR) is 100 cm³/mol. The summed E-state index contributed by atoms with van der Waals surface area (Å²) in [7, 11) is 1.62. The monoisotopic (exact) mass is 346 g/mol. The highest BCUT2D eigenvalue weighted by Crippen LogP contribution is 2.28. The van der Waals surface area contributed by atoms with E-state index < -0.39 is 0 Å². The fraction of sp³-hybridized carbons (Fsp3) is 0.150. The highest BCUT2D eigenvalue weighted by atomic mass is 16.5. The van der Waals surface area contributed by atoms with Gasteiger partial charge in [0.1, 0.15) is 5.75 Å². The molecular formula is C20H18N4O2. The van der Waals surface area contributed by atoms with Crippen LogP contribution >= 0.6 is 0 Å². The topological polar surface area (TPSA) is 67.3 Å². The normalized spacial score (nSPS) is 12.6. The van der Waals surface area contributed by atoms with Gasteiger partial charge in [-0.1, -0.05) is 24.3 Å². The van der Waals surface area contributed by atoms with Gasteiger partial charge >= 0.3 is 0 Å². The minimum Gasteiger partial charge on any atom is -0.497 e. The minimum absolute atomic E-state index is 0.129. The van der Waals surface area contributed by atoms with Gasteiger partial charge in [0, 0.05) is 24.0 Å². The molecule has 2 aromatic carbocycles. The molecule has 1 amide bonds. The number of fused-ring (bicyclic) bond motifs is 1. The molecule has 130 valence electrons. The number of hydrogen-bond acceptors (Lipinski definition) is 5. The average molecular weight is 346 g/mol. The third-order valence-corrected chi connectivity index (χ3v) is 4.36. The molecule has 4 rings (SSSR count). The van der Waals surface area contributed by atoms with Crippen LogP contribution in [-0.2, 0) is 6.42 Å². The van der Waals surface area contributed by atoms with Gasteiger partial charge < -0.3 is 15.0 Å². The Bertz CT molecular complexity index is 941. The van der Waals surface area contributed by atoms with E-state index in [2.05, 4.69) is 21.6 Å². The van der Waals surface area contributed by atoms with E-state index in [1.54, 1.807) is 24.1 Å². The lowest BCUT2D eigenvalue weighted by Crippen LogP contribution is -2.29. The van der Waals surface area contributed by atoms with Gasteiger partial charge in [-0.3, -0.25) is 4.79 Å². The summed E-state index contributed by atoms with van der Waals surface area (Å²) in [5.74, 6) is 1.19. The Labute approximate surface area is 151 Å². The van der Waals surface area contributed by atoms with E-state index in [1.165, 1.54) is 5.56 Å². The molecule has 0 saturated carbocycles. The first-order valence-corrected chi connectivity index (χ1v) is 8.39. The molecule has 0 fully saturated rings. The van der Waals surface area contributed by atoms with Crippen molar-refractivity contribution in [1.82, 2.24) is 10.2 Å². The number of rotatable bonds is 4. The van der Waals surface area contributed by atoms with Crippen molar-refractivity contribution < 1.29 is 9.53 Å². The molecule has 1 N–H and O–H groups in total. The number of aromatic nitrogens is 2. The van der Waals surface area contributed by atoms with Gasteiger partial charge in [0.2, 0.25) is 0 Å².